The van der Waals surface area contributed by atoms with Crippen LogP contribution in [0.4, 0.5) is 0 Å². The van der Waals surface area contributed by atoms with E-state index in [-0.39, 0.29) is 16.2 Å². The SMILES string of the molecule is CC(C)(C)C1(C(C)(C)C)c2cc(-c3c4ccccc4c(-c4ccc(-c5ccc6ccccc6c5)cc4)c4ccccc34)c3ccccc3c2-c2c1c1ccccc1c1ccccc21. The van der Waals surface area contributed by atoms with Crippen LogP contribution in [-0.4, -0.2) is 0 Å². The summed E-state index contributed by atoms with van der Waals surface area (Å²) in [5, 5.41) is 15.6. The van der Waals surface area contributed by atoms with Crippen LogP contribution in [0.2, 0.25) is 0 Å². The molecule has 0 amide bonds. The summed E-state index contributed by atoms with van der Waals surface area (Å²) in [6.07, 6.45) is 0. The third-order valence-corrected chi connectivity index (χ3v) is 14.7. The number of rotatable bonds is 3. The quantitative estimate of drug-likeness (QED) is 0.123. The highest BCUT2D eigenvalue weighted by atomic mass is 14.6. The van der Waals surface area contributed by atoms with Gasteiger partial charge in [-0.1, -0.05) is 224 Å². The third-order valence-electron chi connectivity index (χ3n) is 14.7. The van der Waals surface area contributed by atoms with Gasteiger partial charge < -0.3 is 0 Å². The van der Waals surface area contributed by atoms with Gasteiger partial charge in [-0.05, 0) is 143 Å². The van der Waals surface area contributed by atoms with Gasteiger partial charge in [-0.2, -0.15) is 0 Å². The van der Waals surface area contributed by atoms with Crippen molar-refractivity contribution in [2.75, 3.05) is 0 Å². The minimum absolute atomic E-state index is 0.150. The molecular weight excluding hydrogens is 757 g/mol. The van der Waals surface area contributed by atoms with E-state index in [9.17, 15) is 0 Å². The van der Waals surface area contributed by atoms with Crippen LogP contribution in [0.3, 0.4) is 0 Å². The molecule has 302 valence electrons. The highest BCUT2D eigenvalue weighted by Crippen LogP contribution is 2.69. The minimum atomic E-state index is -0.342. The Hall–Kier alpha value is -7.02. The van der Waals surface area contributed by atoms with Crippen molar-refractivity contribution in [3.63, 3.8) is 0 Å². The molecule has 0 atom stereocenters. The molecule has 0 saturated carbocycles. The van der Waals surface area contributed by atoms with E-state index in [1.165, 1.54) is 120 Å². The molecule has 12 rings (SSSR count). The van der Waals surface area contributed by atoms with E-state index >= 15 is 0 Å². The Morgan fingerprint density at radius 2 is 0.683 bits per heavy atom. The topological polar surface area (TPSA) is 0 Å². The number of benzene rings is 11. The lowest BCUT2D eigenvalue weighted by molar-refractivity contribution is 0.0965. The molecule has 0 unspecified atom stereocenters. The summed E-state index contributed by atoms with van der Waals surface area (Å²) in [6, 6.07) is 73.2. The summed E-state index contributed by atoms with van der Waals surface area (Å²) in [5.41, 5.74) is 12.7. The van der Waals surface area contributed by atoms with Crippen molar-refractivity contribution in [3.8, 4) is 44.5 Å². The van der Waals surface area contributed by atoms with Crippen molar-refractivity contribution < 1.29 is 0 Å². The molecule has 0 heterocycles. The highest BCUT2D eigenvalue weighted by molar-refractivity contribution is 6.27. The number of fused-ring (bicyclic) bond motifs is 13. The van der Waals surface area contributed by atoms with E-state index in [1.807, 2.05) is 0 Å². The first kappa shape index (κ1) is 37.7. The summed E-state index contributed by atoms with van der Waals surface area (Å²) >= 11 is 0. The van der Waals surface area contributed by atoms with Crippen LogP contribution in [0.1, 0.15) is 52.7 Å². The Labute approximate surface area is 370 Å². The molecule has 0 heteroatoms. The number of hydrogen-bond acceptors (Lipinski definition) is 0. The van der Waals surface area contributed by atoms with E-state index in [4.69, 9.17) is 0 Å². The molecule has 0 fully saturated rings. The summed E-state index contributed by atoms with van der Waals surface area (Å²) in [5.74, 6) is 0. The van der Waals surface area contributed by atoms with Crippen molar-refractivity contribution in [3.05, 3.63) is 205 Å². The Morgan fingerprint density at radius 1 is 0.286 bits per heavy atom. The molecule has 1 aliphatic carbocycles. The zero-order valence-corrected chi connectivity index (χ0v) is 37.0. The molecule has 0 aliphatic heterocycles. The fourth-order valence-corrected chi connectivity index (χ4v) is 12.7. The standard InChI is InChI=1S/C63H50/c1-61(2,3)63(62(4,5)6)55-38-54(46-23-10-12-24-47(46)58(55)59-48-25-13-9-21-44(48)45-22-11-18-30-53(45)60(59)63)57-51-28-16-14-26-49(51)56(50-27-15-17-29-52(50)57)41-34-31-40(32-35-41)43-36-33-39-19-7-8-20-42(39)37-43/h7-38H,1-6H3. The Balaban J connectivity index is 1.18. The Bertz CT molecular complexity index is 3610. The maximum atomic E-state index is 2.66. The molecule has 0 aromatic heterocycles. The van der Waals surface area contributed by atoms with Gasteiger partial charge in [0, 0.05) is 5.41 Å². The van der Waals surface area contributed by atoms with Gasteiger partial charge in [-0.3, -0.25) is 0 Å². The lowest BCUT2D eigenvalue weighted by atomic mass is 9.49. The summed E-state index contributed by atoms with van der Waals surface area (Å²) in [7, 11) is 0. The molecule has 0 spiro atoms. The normalized spacial score (nSPS) is 13.7. The van der Waals surface area contributed by atoms with E-state index in [2.05, 4.69) is 236 Å². The second-order valence-electron chi connectivity index (χ2n) is 20.0. The highest BCUT2D eigenvalue weighted by Gasteiger charge is 2.59. The smallest absolute Gasteiger partial charge is 0.0318 e. The van der Waals surface area contributed by atoms with Gasteiger partial charge in [0.05, 0.1) is 0 Å². The van der Waals surface area contributed by atoms with Crippen LogP contribution in [0.15, 0.2) is 194 Å². The van der Waals surface area contributed by atoms with Crippen LogP contribution in [0, 0.1) is 10.8 Å². The van der Waals surface area contributed by atoms with Gasteiger partial charge in [0.1, 0.15) is 0 Å². The Morgan fingerprint density at radius 3 is 1.24 bits per heavy atom. The van der Waals surface area contributed by atoms with Crippen LogP contribution in [0.5, 0.6) is 0 Å². The van der Waals surface area contributed by atoms with Crippen molar-refractivity contribution in [1.29, 1.82) is 0 Å². The average molecular weight is 807 g/mol. The third kappa shape index (κ3) is 5.22. The zero-order valence-electron chi connectivity index (χ0n) is 37.0. The fourth-order valence-electron chi connectivity index (χ4n) is 12.7. The van der Waals surface area contributed by atoms with Crippen LogP contribution in [0.25, 0.3) is 109 Å². The van der Waals surface area contributed by atoms with E-state index < -0.39 is 0 Å². The first-order valence-corrected chi connectivity index (χ1v) is 22.6. The maximum Gasteiger partial charge on any atom is 0.0318 e. The van der Waals surface area contributed by atoms with Gasteiger partial charge in [-0.25, -0.2) is 0 Å². The first-order valence-electron chi connectivity index (χ1n) is 22.6. The van der Waals surface area contributed by atoms with Crippen LogP contribution < -0.4 is 0 Å². The van der Waals surface area contributed by atoms with Crippen molar-refractivity contribution in [2.45, 2.75) is 47.0 Å². The number of hydrogen-bond donors (Lipinski definition) is 0. The monoisotopic (exact) mass is 806 g/mol. The molecule has 1 aliphatic rings. The molecule has 0 bridgehead atoms. The van der Waals surface area contributed by atoms with Crippen molar-refractivity contribution in [2.24, 2.45) is 10.8 Å². The maximum absolute atomic E-state index is 2.66. The predicted octanol–water partition coefficient (Wildman–Crippen LogP) is 18.0. The lowest BCUT2D eigenvalue weighted by Gasteiger charge is -2.53. The van der Waals surface area contributed by atoms with Crippen molar-refractivity contribution >= 4 is 64.6 Å². The molecule has 63 heavy (non-hydrogen) atoms. The largest absolute Gasteiger partial charge is 0.0616 e. The van der Waals surface area contributed by atoms with Crippen LogP contribution >= 0.6 is 0 Å². The molecule has 11 aromatic carbocycles. The predicted molar refractivity (Wildman–Crippen MR) is 273 cm³/mol. The summed E-state index contributed by atoms with van der Waals surface area (Å²) in [6.45, 7) is 14.9. The lowest BCUT2D eigenvalue weighted by Crippen LogP contribution is -2.50. The van der Waals surface area contributed by atoms with Gasteiger partial charge in [0.2, 0.25) is 0 Å². The molecule has 11 aromatic rings. The average Bonchev–Trinajstić information content (AvgIpc) is 3.64. The van der Waals surface area contributed by atoms with E-state index in [0.29, 0.717) is 0 Å². The second-order valence-corrected chi connectivity index (χ2v) is 20.0. The van der Waals surface area contributed by atoms with Gasteiger partial charge >= 0.3 is 0 Å². The summed E-state index contributed by atoms with van der Waals surface area (Å²) < 4.78 is 0. The molecule has 0 nitrogen and oxygen atoms in total. The minimum Gasteiger partial charge on any atom is -0.0616 e. The van der Waals surface area contributed by atoms with Crippen molar-refractivity contribution in [1.82, 2.24) is 0 Å². The zero-order chi connectivity index (χ0) is 42.8. The summed E-state index contributed by atoms with van der Waals surface area (Å²) in [4.78, 5) is 0. The fraction of sp³-hybridized carbons (Fsp3) is 0.143. The van der Waals surface area contributed by atoms with Gasteiger partial charge in [-0.15, -0.1) is 0 Å². The van der Waals surface area contributed by atoms with Gasteiger partial charge in [0.15, 0.2) is 0 Å². The van der Waals surface area contributed by atoms with Gasteiger partial charge in [0.25, 0.3) is 0 Å². The molecule has 0 N–H and O–H groups in total. The molecular formula is C63H50. The Kier molecular flexibility index (Phi) is 8.08. The van der Waals surface area contributed by atoms with E-state index in [0.717, 1.165) is 0 Å². The molecule has 0 saturated heterocycles. The second kappa shape index (κ2) is 13.5. The molecule has 0 radical (unpaired) electrons. The first-order chi connectivity index (χ1) is 30.6. The van der Waals surface area contributed by atoms with Crippen LogP contribution in [-0.2, 0) is 5.41 Å². The van der Waals surface area contributed by atoms with E-state index in [1.54, 1.807) is 0 Å².